The quantitative estimate of drug-likeness (QED) is 0.643. The molecular weight excluding hydrogens is 158 g/mol. The van der Waals surface area contributed by atoms with Crippen molar-refractivity contribution in [2.24, 2.45) is 11.3 Å². The Bertz CT molecular complexity index is 193. The van der Waals surface area contributed by atoms with Crippen molar-refractivity contribution in [3.63, 3.8) is 0 Å². The van der Waals surface area contributed by atoms with E-state index in [1.165, 1.54) is 12.0 Å². The first-order valence-electron chi connectivity index (χ1n) is 5.35. The van der Waals surface area contributed by atoms with Gasteiger partial charge in [0.15, 0.2) is 0 Å². The van der Waals surface area contributed by atoms with Gasteiger partial charge in [-0.05, 0) is 37.6 Å². The van der Waals surface area contributed by atoms with E-state index in [1.54, 1.807) is 0 Å². The van der Waals surface area contributed by atoms with E-state index in [-0.39, 0.29) is 0 Å². The topological polar surface area (TPSA) is 12.0 Å². The molecule has 0 spiro atoms. The Hall–Kier alpha value is -0.300. The summed E-state index contributed by atoms with van der Waals surface area (Å²) in [6.45, 7) is 14.1. The summed E-state index contributed by atoms with van der Waals surface area (Å²) in [6.07, 6.45) is 2.51. The maximum Gasteiger partial charge on any atom is 0.0137 e. The molecular formula is C12H23N. The SMILES string of the molecule is C=C(C)CC(NCC)C1CC1(C)C. The van der Waals surface area contributed by atoms with Gasteiger partial charge in [0, 0.05) is 6.04 Å². The zero-order valence-corrected chi connectivity index (χ0v) is 9.48. The van der Waals surface area contributed by atoms with E-state index in [4.69, 9.17) is 0 Å². The average molecular weight is 181 g/mol. The fraction of sp³-hybridized carbons (Fsp3) is 0.833. The second kappa shape index (κ2) is 3.83. The average Bonchev–Trinajstić information content (AvgIpc) is 2.58. The van der Waals surface area contributed by atoms with Gasteiger partial charge in [0.25, 0.3) is 0 Å². The van der Waals surface area contributed by atoms with Crippen molar-refractivity contribution in [2.75, 3.05) is 6.54 Å². The molecule has 0 radical (unpaired) electrons. The van der Waals surface area contributed by atoms with Crippen LogP contribution >= 0.6 is 0 Å². The van der Waals surface area contributed by atoms with Crippen LogP contribution in [0.4, 0.5) is 0 Å². The number of hydrogen-bond acceptors (Lipinski definition) is 1. The molecule has 13 heavy (non-hydrogen) atoms. The third-order valence-electron chi connectivity index (χ3n) is 3.11. The Kier molecular flexibility index (Phi) is 3.18. The molecule has 1 aliphatic rings. The van der Waals surface area contributed by atoms with Gasteiger partial charge in [0.1, 0.15) is 0 Å². The van der Waals surface area contributed by atoms with Gasteiger partial charge in [-0.2, -0.15) is 0 Å². The molecule has 0 aromatic carbocycles. The lowest BCUT2D eigenvalue weighted by Crippen LogP contribution is -2.32. The zero-order chi connectivity index (χ0) is 10.1. The minimum absolute atomic E-state index is 0.572. The summed E-state index contributed by atoms with van der Waals surface area (Å²) in [5, 5.41) is 3.57. The van der Waals surface area contributed by atoms with Crippen LogP contribution in [0.2, 0.25) is 0 Å². The molecule has 0 bridgehead atoms. The van der Waals surface area contributed by atoms with Crippen molar-refractivity contribution in [3.05, 3.63) is 12.2 Å². The number of hydrogen-bond donors (Lipinski definition) is 1. The molecule has 1 fully saturated rings. The highest BCUT2D eigenvalue weighted by molar-refractivity contribution is 5.06. The summed E-state index contributed by atoms with van der Waals surface area (Å²) in [5.74, 6) is 0.865. The van der Waals surface area contributed by atoms with E-state index in [1.807, 2.05) is 0 Å². The largest absolute Gasteiger partial charge is 0.314 e. The zero-order valence-electron chi connectivity index (χ0n) is 9.48. The second-order valence-electron chi connectivity index (χ2n) is 5.12. The first-order chi connectivity index (χ1) is 5.97. The van der Waals surface area contributed by atoms with Gasteiger partial charge in [-0.1, -0.05) is 26.3 Å². The van der Waals surface area contributed by atoms with E-state index in [9.17, 15) is 0 Å². The summed E-state index contributed by atoms with van der Waals surface area (Å²) in [6, 6.07) is 0.664. The van der Waals surface area contributed by atoms with E-state index >= 15 is 0 Å². The van der Waals surface area contributed by atoms with Crippen LogP contribution in [0.15, 0.2) is 12.2 Å². The smallest absolute Gasteiger partial charge is 0.0137 e. The highest BCUT2D eigenvalue weighted by Crippen LogP contribution is 2.54. The van der Waals surface area contributed by atoms with Crippen LogP contribution in [0.25, 0.3) is 0 Å². The van der Waals surface area contributed by atoms with Gasteiger partial charge >= 0.3 is 0 Å². The Morgan fingerprint density at radius 1 is 1.62 bits per heavy atom. The van der Waals surface area contributed by atoms with Gasteiger partial charge in [-0.3, -0.25) is 0 Å². The third kappa shape index (κ3) is 2.84. The van der Waals surface area contributed by atoms with E-state index in [2.05, 4.69) is 39.6 Å². The van der Waals surface area contributed by atoms with Gasteiger partial charge in [0.05, 0.1) is 0 Å². The molecule has 0 saturated heterocycles. The first kappa shape index (κ1) is 10.8. The van der Waals surface area contributed by atoms with Crippen LogP contribution in [0, 0.1) is 11.3 Å². The Morgan fingerprint density at radius 2 is 2.15 bits per heavy atom. The molecule has 76 valence electrons. The Balaban J connectivity index is 2.44. The van der Waals surface area contributed by atoms with Crippen LogP contribution in [0.1, 0.15) is 40.5 Å². The fourth-order valence-corrected chi connectivity index (χ4v) is 2.19. The fourth-order valence-electron chi connectivity index (χ4n) is 2.19. The van der Waals surface area contributed by atoms with Gasteiger partial charge in [0.2, 0.25) is 0 Å². The molecule has 0 aromatic heterocycles. The summed E-state index contributed by atoms with van der Waals surface area (Å²) >= 11 is 0. The predicted octanol–water partition coefficient (Wildman–Crippen LogP) is 2.98. The van der Waals surface area contributed by atoms with Crippen molar-refractivity contribution >= 4 is 0 Å². The number of nitrogens with one attached hydrogen (secondary N) is 1. The monoisotopic (exact) mass is 181 g/mol. The maximum absolute atomic E-state index is 4.00. The highest BCUT2D eigenvalue weighted by atomic mass is 14.9. The summed E-state index contributed by atoms with van der Waals surface area (Å²) in [7, 11) is 0. The Morgan fingerprint density at radius 3 is 2.46 bits per heavy atom. The Labute approximate surface area is 82.6 Å². The highest BCUT2D eigenvalue weighted by Gasteiger charge is 2.49. The second-order valence-corrected chi connectivity index (χ2v) is 5.12. The van der Waals surface area contributed by atoms with Crippen molar-refractivity contribution in [3.8, 4) is 0 Å². The first-order valence-corrected chi connectivity index (χ1v) is 5.35. The van der Waals surface area contributed by atoms with E-state index < -0.39 is 0 Å². The lowest BCUT2D eigenvalue weighted by atomic mass is 9.98. The maximum atomic E-state index is 4.00. The van der Waals surface area contributed by atoms with Crippen LogP contribution in [0.3, 0.4) is 0 Å². The van der Waals surface area contributed by atoms with Crippen LogP contribution in [0.5, 0.6) is 0 Å². The molecule has 1 rings (SSSR count). The summed E-state index contributed by atoms with van der Waals surface area (Å²) in [4.78, 5) is 0. The molecule has 1 nitrogen and oxygen atoms in total. The van der Waals surface area contributed by atoms with Crippen molar-refractivity contribution in [1.29, 1.82) is 0 Å². The van der Waals surface area contributed by atoms with Gasteiger partial charge in [-0.15, -0.1) is 6.58 Å². The van der Waals surface area contributed by atoms with E-state index in [0.717, 1.165) is 18.9 Å². The molecule has 1 N–H and O–H groups in total. The molecule has 0 amide bonds. The van der Waals surface area contributed by atoms with Gasteiger partial charge < -0.3 is 5.32 Å². The van der Waals surface area contributed by atoms with Crippen LogP contribution in [-0.2, 0) is 0 Å². The molecule has 1 aliphatic carbocycles. The predicted molar refractivity (Wildman–Crippen MR) is 58.8 cm³/mol. The minimum Gasteiger partial charge on any atom is -0.314 e. The number of rotatable bonds is 5. The molecule has 2 unspecified atom stereocenters. The summed E-state index contributed by atoms with van der Waals surface area (Å²) in [5.41, 5.74) is 1.87. The van der Waals surface area contributed by atoms with Crippen molar-refractivity contribution in [1.82, 2.24) is 5.32 Å². The molecule has 1 saturated carbocycles. The van der Waals surface area contributed by atoms with Crippen LogP contribution < -0.4 is 5.32 Å². The van der Waals surface area contributed by atoms with Crippen molar-refractivity contribution < 1.29 is 0 Å². The van der Waals surface area contributed by atoms with Gasteiger partial charge in [-0.25, -0.2) is 0 Å². The summed E-state index contributed by atoms with van der Waals surface area (Å²) < 4.78 is 0. The lowest BCUT2D eigenvalue weighted by molar-refractivity contribution is 0.409. The standard InChI is InChI=1S/C12H23N/c1-6-13-11(7-9(2)3)10-8-12(10,4)5/h10-11,13H,2,6-8H2,1,3-5H3. The van der Waals surface area contributed by atoms with Crippen LogP contribution in [-0.4, -0.2) is 12.6 Å². The molecule has 0 aromatic rings. The van der Waals surface area contributed by atoms with Crippen molar-refractivity contribution in [2.45, 2.75) is 46.6 Å². The minimum atomic E-state index is 0.572. The third-order valence-corrected chi connectivity index (χ3v) is 3.11. The molecule has 0 aliphatic heterocycles. The molecule has 0 heterocycles. The molecule has 1 heteroatoms. The van der Waals surface area contributed by atoms with E-state index in [0.29, 0.717) is 11.5 Å². The molecule has 2 atom stereocenters. The normalized spacial score (nSPS) is 26.9. The lowest BCUT2D eigenvalue weighted by Gasteiger charge is -2.19.